The molecule has 0 aliphatic heterocycles. The van der Waals surface area contributed by atoms with E-state index < -0.39 is 0 Å². The number of carbonyl (C=O) groups excluding carboxylic acids is 1. The molecule has 0 unspecified atom stereocenters. The van der Waals surface area contributed by atoms with Gasteiger partial charge in [0.25, 0.3) is 5.91 Å². The molecule has 1 aliphatic rings. The number of carbonyl (C=O) groups is 1. The Kier molecular flexibility index (Phi) is 3.73. The maximum atomic E-state index is 11.9. The molecule has 1 aromatic heterocycles. The summed E-state index contributed by atoms with van der Waals surface area (Å²) in [7, 11) is 1.72. The van der Waals surface area contributed by atoms with Crippen LogP contribution in [0.25, 0.3) is 0 Å². The molecule has 5 nitrogen and oxygen atoms in total. The molecule has 1 saturated carbocycles. The quantitative estimate of drug-likeness (QED) is 0.886. The molecule has 0 radical (unpaired) electrons. The normalized spacial score (nSPS) is 18.2. The number of hydrogen-bond donors (Lipinski definition) is 1. The van der Waals surface area contributed by atoms with Gasteiger partial charge in [-0.25, -0.2) is 0 Å². The van der Waals surface area contributed by atoms with Gasteiger partial charge in [0.1, 0.15) is 4.88 Å². The van der Waals surface area contributed by atoms with Gasteiger partial charge >= 0.3 is 0 Å². The molecule has 0 saturated heterocycles. The fraction of sp³-hybridized carbons (Fsp3) is 0.727. The monoisotopic (exact) mass is 255 g/mol. The Labute approximate surface area is 105 Å². The summed E-state index contributed by atoms with van der Waals surface area (Å²) in [4.78, 5) is 12.5. The lowest BCUT2D eigenvalue weighted by molar-refractivity contribution is -0.00258. The van der Waals surface area contributed by atoms with E-state index in [9.17, 15) is 4.79 Å². The SMILES string of the molecule is COC1(CNC(=O)c2snnc2C)CCCC1. The molecule has 0 aromatic carbocycles. The minimum Gasteiger partial charge on any atom is -0.376 e. The Hall–Kier alpha value is -1.01. The summed E-state index contributed by atoms with van der Waals surface area (Å²) >= 11 is 1.13. The number of hydrogen-bond acceptors (Lipinski definition) is 5. The number of aryl methyl sites for hydroxylation is 1. The molecule has 6 heteroatoms. The van der Waals surface area contributed by atoms with Crippen molar-refractivity contribution in [1.29, 1.82) is 0 Å². The second-order valence-corrected chi connectivity index (χ2v) is 5.22. The summed E-state index contributed by atoms with van der Waals surface area (Å²) in [6.07, 6.45) is 4.38. The molecule has 1 N–H and O–H groups in total. The summed E-state index contributed by atoms with van der Waals surface area (Å²) < 4.78 is 9.31. The highest BCUT2D eigenvalue weighted by atomic mass is 32.1. The maximum absolute atomic E-state index is 11.9. The maximum Gasteiger partial charge on any atom is 0.265 e. The van der Waals surface area contributed by atoms with Crippen molar-refractivity contribution in [2.45, 2.75) is 38.2 Å². The van der Waals surface area contributed by atoms with Gasteiger partial charge in [-0.15, -0.1) is 5.10 Å². The summed E-state index contributed by atoms with van der Waals surface area (Å²) in [6, 6.07) is 0. The molecule has 1 aliphatic carbocycles. The lowest BCUT2D eigenvalue weighted by Crippen LogP contribution is -2.42. The highest BCUT2D eigenvalue weighted by molar-refractivity contribution is 7.07. The zero-order valence-corrected chi connectivity index (χ0v) is 11.0. The van der Waals surface area contributed by atoms with E-state index in [1.807, 2.05) is 0 Å². The molecule has 1 fully saturated rings. The number of aromatic nitrogens is 2. The Morgan fingerprint density at radius 3 is 2.76 bits per heavy atom. The molecule has 1 heterocycles. The molecular formula is C11H17N3O2S. The van der Waals surface area contributed by atoms with Crippen molar-refractivity contribution in [1.82, 2.24) is 14.9 Å². The van der Waals surface area contributed by atoms with Crippen molar-refractivity contribution in [3.8, 4) is 0 Å². The third-order valence-corrected chi connectivity index (χ3v) is 4.20. The molecule has 0 atom stereocenters. The molecule has 17 heavy (non-hydrogen) atoms. The Bertz CT molecular complexity index is 399. The van der Waals surface area contributed by atoms with Gasteiger partial charge in [-0.05, 0) is 31.3 Å². The smallest absolute Gasteiger partial charge is 0.265 e. The standard InChI is InChI=1S/C11H17N3O2S/c1-8-9(17-14-13-8)10(15)12-7-11(16-2)5-3-4-6-11/h3-7H2,1-2H3,(H,12,15). The second-order valence-electron chi connectivity index (χ2n) is 4.46. The van der Waals surface area contributed by atoms with Crippen LogP contribution in [-0.4, -0.2) is 34.7 Å². The first-order valence-electron chi connectivity index (χ1n) is 5.79. The average molecular weight is 255 g/mol. The van der Waals surface area contributed by atoms with Crippen LogP contribution in [-0.2, 0) is 4.74 Å². The number of amides is 1. The third kappa shape index (κ3) is 2.63. The minimum absolute atomic E-state index is 0.0965. The predicted octanol–water partition coefficient (Wildman–Crippen LogP) is 1.54. The van der Waals surface area contributed by atoms with Crippen LogP contribution < -0.4 is 5.32 Å². The van der Waals surface area contributed by atoms with Crippen LogP contribution in [0.2, 0.25) is 0 Å². The van der Waals surface area contributed by atoms with Crippen molar-refractivity contribution in [3.05, 3.63) is 10.6 Å². The Balaban J connectivity index is 1.94. The summed E-state index contributed by atoms with van der Waals surface area (Å²) in [5.41, 5.74) is 0.521. The zero-order chi connectivity index (χ0) is 12.3. The van der Waals surface area contributed by atoms with E-state index in [2.05, 4.69) is 14.9 Å². The van der Waals surface area contributed by atoms with Crippen molar-refractivity contribution in [2.24, 2.45) is 0 Å². The van der Waals surface area contributed by atoms with Gasteiger partial charge in [0.05, 0.1) is 11.3 Å². The van der Waals surface area contributed by atoms with E-state index in [-0.39, 0.29) is 11.5 Å². The largest absolute Gasteiger partial charge is 0.376 e. The van der Waals surface area contributed by atoms with Crippen molar-refractivity contribution < 1.29 is 9.53 Å². The van der Waals surface area contributed by atoms with E-state index >= 15 is 0 Å². The summed E-state index contributed by atoms with van der Waals surface area (Å²) in [5, 5.41) is 6.76. The zero-order valence-electron chi connectivity index (χ0n) is 10.2. The van der Waals surface area contributed by atoms with Gasteiger partial charge in [0.15, 0.2) is 0 Å². The third-order valence-electron chi connectivity index (χ3n) is 3.38. The average Bonchev–Trinajstić information content (AvgIpc) is 2.95. The van der Waals surface area contributed by atoms with Crippen LogP contribution >= 0.6 is 11.5 Å². The fourth-order valence-corrected chi connectivity index (χ4v) is 2.81. The van der Waals surface area contributed by atoms with Gasteiger partial charge in [-0.2, -0.15) is 0 Å². The second kappa shape index (κ2) is 5.10. The van der Waals surface area contributed by atoms with Gasteiger partial charge in [0.2, 0.25) is 0 Å². The Morgan fingerprint density at radius 1 is 1.53 bits per heavy atom. The molecule has 0 spiro atoms. The first-order valence-corrected chi connectivity index (χ1v) is 6.56. The van der Waals surface area contributed by atoms with Gasteiger partial charge < -0.3 is 10.1 Å². The minimum atomic E-state index is -0.165. The van der Waals surface area contributed by atoms with Crippen molar-refractivity contribution in [2.75, 3.05) is 13.7 Å². The topological polar surface area (TPSA) is 64.1 Å². The molecule has 2 rings (SSSR count). The highest BCUT2D eigenvalue weighted by Gasteiger charge is 2.34. The molecule has 94 valence electrons. The summed E-state index contributed by atoms with van der Waals surface area (Å²) in [6.45, 7) is 2.36. The van der Waals surface area contributed by atoms with E-state index in [1.54, 1.807) is 14.0 Å². The number of nitrogens with one attached hydrogen (secondary N) is 1. The van der Waals surface area contributed by atoms with E-state index in [1.165, 1.54) is 12.8 Å². The molecule has 1 aromatic rings. The number of rotatable bonds is 4. The first-order chi connectivity index (χ1) is 8.17. The van der Waals surface area contributed by atoms with Gasteiger partial charge in [0, 0.05) is 13.7 Å². The van der Waals surface area contributed by atoms with E-state index in [0.29, 0.717) is 17.1 Å². The molecular weight excluding hydrogens is 238 g/mol. The van der Waals surface area contributed by atoms with E-state index in [0.717, 1.165) is 24.4 Å². The van der Waals surface area contributed by atoms with Crippen LogP contribution in [0.5, 0.6) is 0 Å². The number of methoxy groups -OCH3 is 1. The van der Waals surface area contributed by atoms with Gasteiger partial charge in [-0.3, -0.25) is 4.79 Å². The Morgan fingerprint density at radius 2 is 2.24 bits per heavy atom. The number of ether oxygens (including phenoxy) is 1. The molecule has 1 amide bonds. The van der Waals surface area contributed by atoms with Crippen LogP contribution in [0.4, 0.5) is 0 Å². The molecule has 0 bridgehead atoms. The lowest BCUT2D eigenvalue weighted by atomic mass is 10.0. The van der Waals surface area contributed by atoms with Crippen LogP contribution in [0.3, 0.4) is 0 Å². The fourth-order valence-electron chi connectivity index (χ4n) is 2.23. The highest BCUT2D eigenvalue weighted by Crippen LogP contribution is 2.32. The van der Waals surface area contributed by atoms with Crippen LogP contribution in [0.15, 0.2) is 0 Å². The summed E-state index contributed by atoms with van der Waals surface area (Å²) in [5.74, 6) is -0.0965. The van der Waals surface area contributed by atoms with Gasteiger partial charge in [-0.1, -0.05) is 17.3 Å². The number of nitrogens with zero attached hydrogens (tertiary/aromatic N) is 2. The lowest BCUT2D eigenvalue weighted by Gasteiger charge is -2.27. The first kappa shape index (κ1) is 12.4. The van der Waals surface area contributed by atoms with Crippen LogP contribution in [0, 0.1) is 6.92 Å². The van der Waals surface area contributed by atoms with E-state index in [4.69, 9.17) is 4.74 Å². The predicted molar refractivity (Wildman–Crippen MR) is 65.2 cm³/mol. The van der Waals surface area contributed by atoms with Crippen molar-refractivity contribution in [3.63, 3.8) is 0 Å². The van der Waals surface area contributed by atoms with Crippen molar-refractivity contribution >= 4 is 17.4 Å². The van der Waals surface area contributed by atoms with Crippen LogP contribution in [0.1, 0.15) is 41.0 Å².